The molecule has 34 heavy (non-hydrogen) atoms. The summed E-state index contributed by atoms with van der Waals surface area (Å²) in [5, 5.41) is 36.7. The predicted molar refractivity (Wildman–Crippen MR) is 108 cm³/mol. The maximum atomic E-state index is 11.2. The molecule has 0 fully saturated rings. The number of aliphatic hydroxyl groups is 2. The molecule has 0 unspecified atom stereocenters. The fourth-order valence-corrected chi connectivity index (χ4v) is 2.79. The Morgan fingerprint density at radius 2 is 0.941 bits per heavy atom. The van der Waals surface area contributed by atoms with Crippen molar-refractivity contribution in [3.63, 3.8) is 0 Å². The number of halogens is 6. The summed E-state index contributed by atoms with van der Waals surface area (Å²) in [6.45, 7) is 0.185. The highest BCUT2D eigenvalue weighted by Crippen LogP contribution is 2.19. The molecule has 0 radical (unpaired) electrons. The summed E-state index contributed by atoms with van der Waals surface area (Å²) in [5.74, 6) is -4.87. The number of nitrogens with one attached hydrogen (secondary N) is 2. The number of aliphatic carboxylic acids is 2. The Kier molecular flexibility index (Phi) is 20.8. The lowest BCUT2D eigenvalue weighted by molar-refractivity contribution is -0.193. The van der Waals surface area contributed by atoms with E-state index in [-0.39, 0.29) is 25.0 Å². The Morgan fingerprint density at radius 3 is 1.12 bits per heavy atom. The monoisotopic (exact) mass is 554 g/mol. The van der Waals surface area contributed by atoms with Crippen LogP contribution in [0.5, 0.6) is 0 Å². The minimum absolute atomic E-state index is 0.372. The molecule has 0 aliphatic carbocycles. The van der Waals surface area contributed by atoms with E-state index in [1.807, 2.05) is 0 Å². The van der Waals surface area contributed by atoms with Crippen LogP contribution in [0.15, 0.2) is 0 Å². The van der Waals surface area contributed by atoms with Crippen molar-refractivity contribution in [3.8, 4) is 0 Å². The average molecular weight is 554 g/mol. The third-order valence-corrected chi connectivity index (χ3v) is 5.01. The molecule has 12 nitrogen and oxygen atoms in total. The summed E-state index contributed by atoms with van der Waals surface area (Å²) in [7, 11) is 3.09. The summed E-state index contributed by atoms with van der Waals surface area (Å²) in [6, 6.07) is -1.75. The van der Waals surface area contributed by atoms with E-state index in [0.717, 1.165) is 0 Å². The number of alkyl halides is 6. The average Bonchev–Trinajstić information content (AvgIpc) is 2.73. The van der Waals surface area contributed by atoms with Crippen LogP contribution in [0.3, 0.4) is 0 Å². The first-order valence-electron chi connectivity index (χ1n) is 8.54. The van der Waals surface area contributed by atoms with Gasteiger partial charge in [0, 0.05) is 24.6 Å². The van der Waals surface area contributed by atoms with E-state index in [0.29, 0.717) is 24.6 Å². The van der Waals surface area contributed by atoms with Gasteiger partial charge in [-0.25, -0.2) is 9.59 Å². The van der Waals surface area contributed by atoms with Gasteiger partial charge in [-0.15, -0.1) is 0 Å². The molecule has 2 atom stereocenters. The quantitative estimate of drug-likeness (QED) is 0.0830. The molecule has 0 aliphatic rings. The van der Waals surface area contributed by atoms with Crippen LogP contribution in [0.2, 0.25) is 0 Å². The highest BCUT2D eigenvalue weighted by molar-refractivity contribution is 8.76. The molecule has 0 aromatic carbocycles. The Balaban J connectivity index is -0.000000558. The Morgan fingerprint density at radius 1 is 0.706 bits per heavy atom. The van der Waals surface area contributed by atoms with Gasteiger partial charge in [0.1, 0.15) is 12.1 Å². The number of carboxylic acid groups (broad SMARTS) is 2. The molecule has 0 saturated carbocycles. The maximum Gasteiger partial charge on any atom is 0.490 e. The fraction of sp³-hybridized carbons (Fsp3) is 0.714. The van der Waals surface area contributed by atoms with Crippen molar-refractivity contribution < 1.29 is 65.9 Å². The van der Waals surface area contributed by atoms with Gasteiger partial charge in [0.2, 0.25) is 11.8 Å². The number of carbonyl (C=O) groups excluding carboxylic acids is 2. The van der Waals surface area contributed by atoms with E-state index in [9.17, 15) is 35.9 Å². The van der Waals surface area contributed by atoms with Crippen LogP contribution in [-0.4, -0.2) is 106 Å². The lowest BCUT2D eigenvalue weighted by Gasteiger charge is -2.10. The second-order valence-electron chi connectivity index (χ2n) is 5.41. The minimum atomic E-state index is -5.08. The van der Waals surface area contributed by atoms with Gasteiger partial charge >= 0.3 is 24.3 Å². The van der Waals surface area contributed by atoms with Crippen LogP contribution in [-0.2, 0) is 19.2 Å². The minimum Gasteiger partial charge on any atom is -0.475 e. The second-order valence-corrected chi connectivity index (χ2v) is 8.11. The molecule has 0 spiro atoms. The Bertz CT molecular complexity index is 576. The van der Waals surface area contributed by atoms with Crippen molar-refractivity contribution in [1.82, 2.24) is 10.6 Å². The molecule has 0 heterocycles. The number of aliphatic hydroxyl groups excluding tert-OH is 2. The fourth-order valence-electron chi connectivity index (χ4n) is 0.978. The summed E-state index contributed by atoms with van der Waals surface area (Å²) in [6.07, 6.45) is -10.2. The first kappa shape index (κ1) is 36.6. The first-order chi connectivity index (χ1) is 15.4. The summed E-state index contributed by atoms with van der Waals surface area (Å²) in [4.78, 5) is 40.2. The molecular formula is C14H24F6N4O8S2. The molecule has 0 aliphatic heterocycles. The molecule has 10 N–H and O–H groups in total. The van der Waals surface area contributed by atoms with Crippen LogP contribution in [0.4, 0.5) is 26.3 Å². The zero-order valence-electron chi connectivity index (χ0n) is 17.1. The van der Waals surface area contributed by atoms with Crippen LogP contribution < -0.4 is 22.1 Å². The van der Waals surface area contributed by atoms with E-state index < -0.39 is 36.4 Å². The lowest BCUT2D eigenvalue weighted by atomic mass is 10.3. The van der Waals surface area contributed by atoms with Gasteiger partial charge in [-0.3, -0.25) is 9.59 Å². The Labute approximate surface area is 196 Å². The molecule has 202 valence electrons. The number of carbonyl (C=O) groups is 4. The normalized spacial score (nSPS) is 12.6. The molecule has 0 rings (SSSR count). The van der Waals surface area contributed by atoms with Crippen molar-refractivity contribution in [2.75, 3.05) is 37.8 Å². The van der Waals surface area contributed by atoms with Gasteiger partial charge in [0.05, 0.1) is 13.2 Å². The van der Waals surface area contributed by atoms with Gasteiger partial charge in [0.25, 0.3) is 0 Å². The molecule has 20 heteroatoms. The molecule has 0 saturated heterocycles. The zero-order chi connectivity index (χ0) is 27.5. The SMILES string of the molecule is N[C@@H](CO)C(=O)NCCSSCCNC(=O)[C@@H](N)CO.O=C(O)C(F)(F)F.O=C(O)C(F)(F)F. The van der Waals surface area contributed by atoms with Gasteiger partial charge in [-0.1, -0.05) is 21.6 Å². The molecular weight excluding hydrogens is 530 g/mol. The predicted octanol–water partition coefficient (Wildman–Crippen LogP) is -1.49. The molecule has 0 aromatic rings. The number of hydrogen-bond donors (Lipinski definition) is 8. The standard InChI is InChI=1S/C10H22N4O4S2.2C2HF3O2/c11-7(5-15)9(17)13-1-3-19-20-4-2-14-10(18)8(12)6-16;2*3-2(4,5)1(6)7/h7-8,15-16H,1-6,11-12H2,(H,13,17)(H,14,18);2*(H,6,7)/t7-,8-;;/m0../s1. The first-order valence-corrected chi connectivity index (χ1v) is 11.0. The van der Waals surface area contributed by atoms with E-state index >= 15 is 0 Å². The van der Waals surface area contributed by atoms with Crippen LogP contribution in [0, 0.1) is 0 Å². The van der Waals surface area contributed by atoms with Crippen molar-refractivity contribution in [2.24, 2.45) is 11.5 Å². The third kappa shape index (κ3) is 23.2. The summed E-state index contributed by atoms with van der Waals surface area (Å²) in [5.41, 5.74) is 10.6. The van der Waals surface area contributed by atoms with Crippen LogP contribution in [0.25, 0.3) is 0 Å². The Hall–Kier alpha value is -2.00. The van der Waals surface area contributed by atoms with Crippen molar-refractivity contribution >= 4 is 45.3 Å². The number of hydrogen-bond acceptors (Lipinski definition) is 10. The van der Waals surface area contributed by atoms with Gasteiger partial charge in [0.15, 0.2) is 0 Å². The largest absolute Gasteiger partial charge is 0.490 e. The third-order valence-electron chi connectivity index (χ3n) is 2.60. The second kappa shape index (κ2) is 19.3. The van der Waals surface area contributed by atoms with Gasteiger partial charge in [-0.05, 0) is 0 Å². The lowest BCUT2D eigenvalue weighted by Crippen LogP contribution is -2.43. The zero-order valence-corrected chi connectivity index (χ0v) is 18.7. The molecule has 2 amide bonds. The number of amides is 2. The topological polar surface area (TPSA) is 225 Å². The smallest absolute Gasteiger partial charge is 0.475 e. The van der Waals surface area contributed by atoms with Crippen LogP contribution >= 0.6 is 21.6 Å². The maximum absolute atomic E-state index is 11.2. The van der Waals surface area contributed by atoms with Crippen molar-refractivity contribution in [2.45, 2.75) is 24.4 Å². The van der Waals surface area contributed by atoms with Crippen LogP contribution in [0.1, 0.15) is 0 Å². The van der Waals surface area contributed by atoms with E-state index in [2.05, 4.69) is 10.6 Å². The van der Waals surface area contributed by atoms with E-state index in [1.165, 1.54) is 0 Å². The van der Waals surface area contributed by atoms with E-state index in [1.54, 1.807) is 21.6 Å². The van der Waals surface area contributed by atoms with Gasteiger partial charge < -0.3 is 42.5 Å². The summed E-state index contributed by atoms with van der Waals surface area (Å²) >= 11 is 0. The van der Waals surface area contributed by atoms with Crippen molar-refractivity contribution in [1.29, 1.82) is 0 Å². The molecule has 0 bridgehead atoms. The van der Waals surface area contributed by atoms with Gasteiger partial charge in [-0.2, -0.15) is 26.3 Å². The number of nitrogens with two attached hydrogens (primary N) is 2. The number of rotatable bonds is 11. The number of carboxylic acids is 2. The van der Waals surface area contributed by atoms with Crippen molar-refractivity contribution in [3.05, 3.63) is 0 Å². The summed E-state index contributed by atoms with van der Waals surface area (Å²) < 4.78 is 63.5. The highest BCUT2D eigenvalue weighted by atomic mass is 33.1. The molecule has 0 aromatic heterocycles. The van der Waals surface area contributed by atoms with E-state index in [4.69, 9.17) is 41.5 Å². The highest BCUT2D eigenvalue weighted by Gasteiger charge is 2.38.